The number of aromatic nitrogens is 2. The van der Waals surface area contributed by atoms with Crippen molar-refractivity contribution in [2.45, 2.75) is 18.9 Å². The molecule has 0 unspecified atom stereocenters. The van der Waals surface area contributed by atoms with E-state index in [9.17, 15) is 9.59 Å². The van der Waals surface area contributed by atoms with Crippen molar-refractivity contribution in [2.75, 3.05) is 26.8 Å². The van der Waals surface area contributed by atoms with Crippen LogP contribution in [0.2, 0.25) is 0 Å². The summed E-state index contributed by atoms with van der Waals surface area (Å²) in [5.41, 5.74) is 0.338. The first kappa shape index (κ1) is 18.6. The maximum Gasteiger partial charge on any atom is 0.274 e. The Kier molecular flexibility index (Phi) is 6.19. The summed E-state index contributed by atoms with van der Waals surface area (Å²) in [6.07, 6.45) is 5.87. The van der Waals surface area contributed by atoms with Crippen LogP contribution in [0.5, 0.6) is 11.5 Å². The molecule has 1 saturated heterocycles. The molecule has 1 fully saturated rings. The van der Waals surface area contributed by atoms with Gasteiger partial charge in [0.1, 0.15) is 5.69 Å². The number of nitrogens with zero attached hydrogens (tertiary/aromatic N) is 3. The molecule has 0 saturated carbocycles. The molecule has 0 spiro atoms. The molecule has 1 aliphatic heterocycles. The molecule has 2 amide bonds. The van der Waals surface area contributed by atoms with Gasteiger partial charge in [0.05, 0.1) is 13.3 Å². The lowest BCUT2D eigenvalue weighted by Crippen LogP contribution is -2.47. The Morgan fingerprint density at radius 3 is 2.59 bits per heavy atom. The maximum absolute atomic E-state index is 12.4. The zero-order valence-electron chi connectivity index (χ0n) is 15.1. The van der Waals surface area contributed by atoms with Crippen LogP contribution in [0.1, 0.15) is 23.3 Å². The molecule has 8 heteroatoms. The Morgan fingerprint density at radius 1 is 1.19 bits per heavy atom. The molecule has 0 atom stereocenters. The van der Waals surface area contributed by atoms with E-state index in [0.29, 0.717) is 43.1 Å². The first-order chi connectivity index (χ1) is 13.2. The molecule has 0 bridgehead atoms. The van der Waals surface area contributed by atoms with Crippen LogP contribution in [0.3, 0.4) is 0 Å². The fourth-order valence-corrected chi connectivity index (χ4v) is 2.95. The molecule has 8 nitrogen and oxygen atoms in total. The van der Waals surface area contributed by atoms with Crippen molar-refractivity contribution in [2.24, 2.45) is 0 Å². The smallest absolute Gasteiger partial charge is 0.274 e. The quantitative estimate of drug-likeness (QED) is 0.823. The van der Waals surface area contributed by atoms with Crippen LogP contribution in [0.25, 0.3) is 0 Å². The first-order valence-electron chi connectivity index (χ1n) is 8.78. The van der Waals surface area contributed by atoms with Crippen molar-refractivity contribution < 1.29 is 19.1 Å². The first-order valence-corrected chi connectivity index (χ1v) is 8.78. The molecule has 1 aromatic heterocycles. The highest BCUT2D eigenvalue weighted by Crippen LogP contribution is 2.25. The van der Waals surface area contributed by atoms with Gasteiger partial charge in [0, 0.05) is 31.5 Å². The third kappa shape index (κ3) is 4.93. The molecule has 2 heterocycles. The van der Waals surface area contributed by atoms with Crippen molar-refractivity contribution in [1.29, 1.82) is 0 Å². The molecule has 1 aromatic carbocycles. The Labute approximate surface area is 157 Å². The second-order valence-electron chi connectivity index (χ2n) is 6.16. The van der Waals surface area contributed by atoms with E-state index in [1.807, 2.05) is 12.1 Å². The Bertz CT molecular complexity index is 776. The number of hydrogen-bond donors (Lipinski definition) is 1. The van der Waals surface area contributed by atoms with Crippen molar-refractivity contribution >= 4 is 11.8 Å². The number of hydrogen-bond acceptors (Lipinski definition) is 6. The minimum Gasteiger partial charge on any atom is -0.493 e. The predicted octanol–water partition coefficient (Wildman–Crippen LogP) is 1.28. The van der Waals surface area contributed by atoms with Crippen molar-refractivity contribution in [3.8, 4) is 11.5 Å². The zero-order chi connectivity index (χ0) is 19.1. The third-order valence-corrected chi connectivity index (χ3v) is 4.36. The van der Waals surface area contributed by atoms with E-state index in [1.54, 1.807) is 24.1 Å². The summed E-state index contributed by atoms with van der Waals surface area (Å²) in [7, 11) is 1.55. The molecule has 3 rings (SSSR count). The number of piperidine rings is 1. The number of ether oxygens (including phenoxy) is 2. The summed E-state index contributed by atoms with van der Waals surface area (Å²) in [4.78, 5) is 34.2. The highest BCUT2D eigenvalue weighted by Gasteiger charge is 2.25. The molecule has 2 aromatic rings. The van der Waals surface area contributed by atoms with E-state index >= 15 is 0 Å². The van der Waals surface area contributed by atoms with E-state index in [2.05, 4.69) is 15.3 Å². The number of carbonyl (C=O) groups is 2. The second kappa shape index (κ2) is 8.98. The predicted molar refractivity (Wildman–Crippen MR) is 97.6 cm³/mol. The van der Waals surface area contributed by atoms with E-state index in [1.165, 1.54) is 18.6 Å². The fraction of sp³-hybridized carbons (Fsp3) is 0.368. The molecule has 0 radical (unpaired) electrons. The summed E-state index contributed by atoms with van der Waals surface area (Å²) >= 11 is 0. The van der Waals surface area contributed by atoms with Crippen molar-refractivity contribution in [3.63, 3.8) is 0 Å². The van der Waals surface area contributed by atoms with Gasteiger partial charge in [0.25, 0.3) is 11.8 Å². The van der Waals surface area contributed by atoms with Gasteiger partial charge in [0.15, 0.2) is 18.1 Å². The summed E-state index contributed by atoms with van der Waals surface area (Å²) in [5, 5.41) is 2.96. The monoisotopic (exact) mass is 370 g/mol. The molecular formula is C19H22N4O4. The number of para-hydroxylation sites is 2. The summed E-state index contributed by atoms with van der Waals surface area (Å²) in [6.45, 7) is 1.04. The number of likely N-dealkylation sites (tertiary alicyclic amines) is 1. The lowest BCUT2D eigenvalue weighted by Gasteiger charge is -2.32. The molecule has 27 heavy (non-hydrogen) atoms. The number of benzene rings is 1. The van der Waals surface area contributed by atoms with Crippen LogP contribution in [0.4, 0.5) is 0 Å². The average Bonchev–Trinajstić information content (AvgIpc) is 2.73. The van der Waals surface area contributed by atoms with E-state index < -0.39 is 0 Å². The van der Waals surface area contributed by atoms with Gasteiger partial charge in [-0.25, -0.2) is 4.98 Å². The van der Waals surface area contributed by atoms with E-state index in [0.717, 1.165) is 0 Å². The Morgan fingerprint density at radius 2 is 1.93 bits per heavy atom. The van der Waals surface area contributed by atoms with Gasteiger partial charge < -0.3 is 19.7 Å². The fourth-order valence-electron chi connectivity index (χ4n) is 2.95. The molecule has 1 N–H and O–H groups in total. The van der Waals surface area contributed by atoms with Crippen molar-refractivity contribution in [3.05, 3.63) is 48.5 Å². The Balaban J connectivity index is 1.43. The number of rotatable bonds is 6. The lowest BCUT2D eigenvalue weighted by atomic mass is 10.0. The van der Waals surface area contributed by atoms with Gasteiger partial charge in [-0.3, -0.25) is 14.6 Å². The SMILES string of the molecule is COc1ccccc1OCC(=O)NC1CCN(C(=O)c2cnccn2)CC1. The normalized spacial score (nSPS) is 14.5. The van der Waals surface area contributed by atoms with Gasteiger partial charge in [-0.1, -0.05) is 12.1 Å². The summed E-state index contributed by atoms with van der Waals surface area (Å²) < 4.78 is 10.7. The van der Waals surface area contributed by atoms with Crippen molar-refractivity contribution in [1.82, 2.24) is 20.2 Å². The van der Waals surface area contributed by atoms with Gasteiger partial charge in [-0.2, -0.15) is 0 Å². The van der Waals surface area contributed by atoms with E-state index in [-0.39, 0.29) is 24.5 Å². The zero-order valence-corrected chi connectivity index (χ0v) is 15.1. The van der Waals surface area contributed by atoms with Gasteiger partial charge in [-0.15, -0.1) is 0 Å². The largest absolute Gasteiger partial charge is 0.493 e. The van der Waals surface area contributed by atoms with Crippen LogP contribution in [-0.2, 0) is 4.79 Å². The van der Waals surface area contributed by atoms with Gasteiger partial charge in [-0.05, 0) is 25.0 Å². The molecular weight excluding hydrogens is 348 g/mol. The highest BCUT2D eigenvalue weighted by molar-refractivity contribution is 5.92. The van der Waals surface area contributed by atoms with Crippen LogP contribution < -0.4 is 14.8 Å². The lowest BCUT2D eigenvalue weighted by molar-refractivity contribution is -0.124. The topological polar surface area (TPSA) is 93.7 Å². The van der Waals surface area contributed by atoms with Crippen LogP contribution in [0.15, 0.2) is 42.9 Å². The molecule has 0 aliphatic carbocycles. The molecule has 142 valence electrons. The second-order valence-corrected chi connectivity index (χ2v) is 6.16. The van der Waals surface area contributed by atoms with Crippen LogP contribution in [-0.4, -0.2) is 59.5 Å². The number of carbonyl (C=O) groups excluding carboxylic acids is 2. The van der Waals surface area contributed by atoms with E-state index in [4.69, 9.17) is 9.47 Å². The average molecular weight is 370 g/mol. The van der Waals surface area contributed by atoms with Crippen LogP contribution in [0, 0.1) is 0 Å². The maximum atomic E-state index is 12.4. The Hall–Kier alpha value is -3.16. The highest BCUT2D eigenvalue weighted by atomic mass is 16.5. The van der Waals surface area contributed by atoms with Gasteiger partial charge in [0.2, 0.25) is 0 Å². The minimum atomic E-state index is -0.195. The summed E-state index contributed by atoms with van der Waals surface area (Å²) in [5.74, 6) is 0.785. The number of methoxy groups -OCH3 is 1. The number of amides is 2. The standard InChI is InChI=1S/C19H22N4O4/c1-26-16-4-2-3-5-17(16)27-13-18(24)22-14-6-10-23(11-7-14)19(25)15-12-20-8-9-21-15/h2-5,8-9,12,14H,6-7,10-11,13H2,1H3,(H,22,24). The van der Waals surface area contributed by atoms with Crippen LogP contribution >= 0.6 is 0 Å². The minimum absolute atomic E-state index is 0.0182. The number of nitrogens with one attached hydrogen (secondary N) is 1. The molecule has 1 aliphatic rings. The van der Waals surface area contributed by atoms with Gasteiger partial charge >= 0.3 is 0 Å². The third-order valence-electron chi connectivity index (χ3n) is 4.36. The summed E-state index contributed by atoms with van der Waals surface area (Å²) in [6, 6.07) is 7.20.